The number of ketones is 1. The molecule has 1 aliphatic heterocycles. The average molecular weight is 454 g/mol. The minimum Gasteiger partial charge on any atom is -0.498 e. The molecule has 1 heterocycles. The Morgan fingerprint density at radius 3 is 2.63 bits per heavy atom. The zero-order chi connectivity index (χ0) is 22.3. The largest absolute Gasteiger partial charge is 0.498 e. The maximum absolute atomic E-state index is 12.9. The maximum Gasteiger partial charge on any atom is 0.336 e. The number of hydrogen-bond donors (Lipinski definition) is 1. The van der Waals surface area contributed by atoms with Crippen LogP contribution in [-0.2, 0) is 28.6 Å². The van der Waals surface area contributed by atoms with E-state index in [2.05, 4.69) is 5.32 Å². The number of Topliss-reactive ketones (excluding diaryl/α,β-unsaturated/α-hetero) is 1. The highest BCUT2D eigenvalue weighted by molar-refractivity contribution is 6.42. The number of dihydropyridines is 1. The van der Waals surface area contributed by atoms with Crippen molar-refractivity contribution in [1.82, 2.24) is 5.32 Å². The van der Waals surface area contributed by atoms with Gasteiger partial charge in [-0.25, -0.2) is 9.59 Å². The number of carbonyl (C=O) groups excluding carboxylic acids is 3. The highest BCUT2D eigenvalue weighted by Gasteiger charge is 2.38. The van der Waals surface area contributed by atoms with Crippen molar-refractivity contribution < 1.29 is 28.6 Å². The number of halogens is 2. The van der Waals surface area contributed by atoms with Crippen molar-refractivity contribution in [3.05, 3.63) is 62.6 Å². The summed E-state index contributed by atoms with van der Waals surface area (Å²) in [7, 11) is 1.40. The molecule has 1 aliphatic rings. The van der Waals surface area contributed by atoms with Crippen LogP contribution in [0.15, 0.2) is 47.0 Å². The molecule has 0 bridgehead atoms. The van der Waals surface area contributed by atoms with Crippen molar-refractivity contribution in [2.45, 2.75) is 19.8 Å². The third kappa shape index (κ3) is 5.32. The van der Waals surface area contributed by atoms with Crippen LogP contribution in [0.5, 0.6) is 0 Å². The number of rotatable bonds is 9. The van der Waals surface area contributed by atoms with Crippen LogP contribution >= 0.6 is 23.2 Å². The second-order valence-corrected chi connectivity index (χ2v) is 7.04. The molecule has 7 nitrogen and oxygen atoms in total. The third-order valence-corrected chi connectivity index (χ3v) is 5.02. The van der Waals surface area contributed by atoms with E-state index in [0.717, 1.165) is 6.08 Å². The lowest BCUT2D eigenvalue weighted by atomic mass is 9.84. The smallest absolute Gasteiger partial charge is 0.336 e. The quantitative estimate of drug-likeness (QED) is 0.452. The first kappa shape index (κ1) is 23.7. The molecule has 160 valence electrons. The summed E-state index contributed by atoms with van der Waals surface area (Å²) in [5.41, 5.74) is 1.22. The van der Waals surface area contributed by atoms with Crippen LogP contribution < -0.4 is 5.32 Å². The molecule has 0 fully saturated rings. The van der Waals surface area contributed by atoms with Gasteiger partial charge in [0.1, 0.15) is 18.3 Å². The maximum atomic E-state index is 12.9. The Labute approximate surface area is 184 Å². The molecule has 1 N–H and O–H groups in total. The van der Waals surface area contributed by atoms with Gasteiger partial charge in [0.05, 0.1) is 53.3 Å². The summed E-state index contributed by atoms with van der Waals surface area (Å²) in [5.74, 6) is 0.301. The minimum atomic E-state index is -0.836. The molecular formula is C21H21Cl2NO6. The number of nitrogens with one attached hydrogen (secondary N) is 1. The number of methoxy groups -OCH3 is 1. The Balaban J connectivity index is 2.73. The van der Waals surface area contributed by atoms with E-state index in [0.29, 0.717) is 11.3 Å². The number of ether oxygens (including phenoxy) is 3. The Kier molecular flexibility index (Phi) is 8.69. The molecule has 1 aromatic carbocycles. The summed E-state index contributed by atoms with van der Waals surface area (Å²) in [6.45, 7) is 2.93. The molecule has 0 saturated carbocycles. The highest BCUT2D eigenvalue weighted by Crippen LogP contribution is 2.43. The van der Waals surface area contributed by atoms with E-state index in [4.69, 9.17) is 37.4 Å². The van der Waals surface area contributed by atoms with E-state index in [1.807, 2.05) is 0 Å². The Bertz CT molecular complexity index is 947. The second kappa shape index (κ2) is 11.0. The van der Waals surface area contributed by atoms with E-state index >= 15 is 0 Å². The number of carbonyl (C=O) groups is 2. The zero-order valence-electron chi connectivity index (χ0n) is 16.7. The Morgan fingerprint density at radius 1 is 1.30 bits per heavy atom. The van der Waals surface area contributed by atoms with E-state index < -0.39 is 11.9 Å². The van der Waals surface area contributed by atoms with Gasteiger partial charge < -0.3 is 19.5 Å². The standard InChI is InChI=1S/C21H21Cl2NO6/c1-4-30-21(27)18-16(11-29-10-12(2)26)24-15(8-9-25)20(28-3)17(18)13-6-5-7-14(22)19(13)23/h5-8,17,24H,4,10-11H2,1-3H3. The van der Waals surface area contributed by atoms with Crippen LogP contribution in [0.4, 0.5) is 0 Å². The predicted molar refractivity (Wildman–Crippen MR) is 112 cm³/mol. The molecule has 0 radical (unpaired) electrons. The fourth-order valence-electron chi connectivity index (χ4n) is 3.05. The van der Waals surface area contributed by atoms with Gasteiger partial charge >= 0.3 is 5.97 Å². The van der Waals surface area contributed by atoms with Gasteiger partial charge in [-0.2, -0.15) is 0 Å². The van der Waals surface area contributed by atoms with Crippen LogP contribution in [0.3, 0.4) is 0 Å². The van der Waals surface area contributed by atoms with Crippen LogP contribution in [-0.4, -0.2) is 44.6 Å². The van der Waals surface area contributed by atoms with Gasteiger partial charge in [0.25, 0.3) is 0 Å². The van der Waals surface area contributed by atoms with Crippen LogP contribution in [0.2, 0.25) is 10.0 Å². The van der Waals surface area contributed by atoms with Crippen LogP contribution in [0.25, 0.3) is 0 Å². The minimum absolute atomic E-state index is 0.115. The molecule has 0 aliphatic carbocycles. The van der Waals surface area contributed by atoms with E-state index in [1.54, 1.807) is 31.1 Å². The number of benzene rings is 1. The van der Waals surface area contributed by atoms with Gasteiger partial charge in [0.2, 0.25) is 0 Å². The normalized spacial score (nSPS) is 16.0. The van der Waals surface area contributed by atoms with Crippen molar-refractivity contribution in [3.8, 4) is 0 Å². The Morgan fingerprint density at radius 2 is 2.03 bits per heavy atom. The second-order valence-electron chi connectivity index (χ2n) is 6.25. The van der Waals surface area contributed by atoms with Gasteiger partial charge in [-0.1, -0.05) is 35.3 Å². The van der Waals surface area contributed by atoms with Gasteiger partial charge in [0, 0.05) is 6.08 Å². The molecule has 0 aromatic heterocycles. The lowest BCUT2D eigenvalue weighted by Crippen LogP contribution is -2.33. The zero-order valence-corrected chi connectivity index (χ0v) is 18.2. The van der Waals surface area contributed by atoms with Crippen molar-refractivity contribution in [2.75, 3.05) is 26.9 Å². The molecule has 0 saturated heterocycles. The van der Waals surface area contributed by atoms with Crippen LogP contribution in [0.1, 0.15) is 25.3 Å². The van der Waals surface area contributed by atoms with Crippen molar-refractivity contribution in [3.63, 3.8) is 0 Å². The summed E-state index contributed by atoms with van der Waals surface area (Å²) in [4.78, 5) is 35.3. The first-order chi connectivity index (χ1) is 14.3. The molecular weight excluding hydrogens is 433 g/mol. The summed E-state index contributed by atoms with van der Waals surface area (Å²) >= 11 is 12.6. The lowest BCUT2D eigenvalue weighted by molar-refractivity contribution is -0.139. The van der Waals surface area contributed by atoms with E-state index in [-0.39, 0.29) is 52.7 Å². The van der Waals surface area contributed by atoms with E-state index in [9.17, 15) is 14.4 Å². The van der Waals surface area contributed by atoms with E-state index in [1.165, 1.54) is 14.0 Å². The highest BCUT2D eigenvalue weighted by atomic mass is 35.5. The van der Waals surface area contributed by atoms with Crippen LogP contribution in [0, 0.1) is 0 Å². The molecule has 1 aromatic rings. The first-order valence-electron chi connectivity index (χ1n) is 9.02. The average Bonchev–Trinajstić information content (AvgIpc) is 2.69. The topological polar surface area (TPSA) is 90.9 Å². The monoisotopic (exact) mass is 453 g/mol. The number of allylic oxidation sites excluding steroid dienone is 2. The van der Waals surface area contributed by atoms with Crippen molar-refractivity contribution >= 4 is 40.9 Å². The number of hydrogen-bond acceptors (Lipinski definition) is 7. The first-order valence-corrected chi connectivity index (χ1v) is 9.78. The van der Waals surface area contributed by atoms with Gasteiger partial charge in [-0.15, -0.1) is 0 Å². The summed E-state index contributed by atoms with van der Waals surface area (Å²) in [6, 6.07) is 4.99. The summed E-state index contributed by atoms with van der Waals surface area (Å²) < 4.78 is 16.2. The van der Waals surface area contributed by atoms with Gasteiger partial charge in [-0.05, 0) is 25.5 Å². The SMILES string of the molecule is CCOC(=O)C1=C(COCC(C)=O)NC(C=C=O)=C(OC)C1c1cccc(Cl)c1Cl. The molecule has 0 spiro atoms. The summed E-state index contributed by atoms with van der Waals surface area (Å²) in [6.07, 6.45) is 1.14. The van der Waals surface area contributed by atoms with Crippen molar-refractivity contribution in [1.29, 1.82) is 0 Å². The third-order valence-electron chi connectivity index (χ3n) is 4.19. The van der Waals surface area contributed by atoms with Crippen molar-refractivity contribution in [2.24, 2.45) is 0 Å². The molecule has 0 amide bonds. The Hall–Kier alpha value is -2.57. The fourth-order valence-corrected chi connectivity index (χ4v) is 3.46. The van der Waals surface area contributed by atoms with Gasteiger partial charge in [0.15, 0.2) is 5.78 Å². The molecule has 1 atom stereocenters. The molecule has 1 unspecified atom stereocenters. The summed E-state index contributed by atoms with van der Waals surface area (Å²) in [5, 5.41) is 3.46. The van der Waals surface area contributed by atoms with Gasteiger partial charge in [-0.3, -0.25) is 4.79 Å². The molecule has 9 heteroatoms. The lowest BCUT2D eigenvalue weighted by Gasteiger charge is -2.31. The molecule has 30 heavy (non-hydrogen) atoms. The fraction of sp³-hybridized carbons (Fsp3) is 0.333. The predicted octanol–water partition coefficient (Wildman–Crippen LogP) is 3.35. The molecule has 2 rings (SSSR count). The number of esters is 1.